The molecule has 1 aliphatic rings. The third kappa shape index (κ3) is 11.9. The van der Waals surface area contributed by atoms with Crippen LogP contribution in [0.15, 0.2) is 0 Å². The van der Waals surface area contributed by atoms with Gasteiger partial charge in [0.1, 0.15) is 0 Å². The summed E-state index contributed by atoms with van der Waals surface area (Å²) in [6.07, 6.45) is 24.2. The Morgan fingerprint density at radius 3 is 1.41 bits per heavy atom. The fourth-order valence-electron chi connectivity index (χ4n) is 5.80. The van der Waals surface area contributed by atoms with E-state index >= 15 is 0 Å². The van der Waals surface area contributed by atoms with Crippen LogP contribution in [0.2, 0.25) is 0 Å². The van der Waals surface area contributed by atoms with Crippen molar-refractivity contribution in [3.05, 3.63) is 0 Å². The summed E-state index contributed by atoms with van der Waals surface area (Å²) in [5.41, 5.74) is 5.14. The van der Waals surface area contributed by atoms with Crippen LogP contribution in [0, 0.1) is 0 Å². The molecule has 190 valence electrons. The fourth-order valence-corrected chi connectivity index (χ4v) is 5.80. The number of primary amides is 1. The highest BCUT2D eigenvalue weighted by Crippen LogP contribution is 2.39. The molecule has 1 saturated heterocycles. The predicted molar refractivity (Wildman–Crippen MR) is 138 cm³/mol. The van der Waals surface area contributed by atoms with Crippen molar-refractivity contribution in [2.75, 3.05) is 6.61 Å². The molecule has 32 heavy (non-hydrogen) atoms. The number of carbonyl (C=O) groups is 1. The van der Waals surface area contributed by atoms with Gasteiger partial charge in [-0.25, -0.2) is 4.79 Å². The Bertz CT molecular complexity index is 472. The summed E-state index contributed by atoms with van der Waals surface area (Å²) in [4.78, 5) is 13.8. The van der Waals surface area contributed by atoms with Crippen LogP contribution < -0.4 is 5.73 Å². The zero-order valence-electron chi connectivity index (χ0n) is 22.4. The maximum absolute atomic E-state index is 11.9. The molecule has 0 bridgehead atoms. The molecule has 1 heterocycles. The van der Waals surface area contributed by atoms with Gasteiger partial charge < -0.3 is 15.4 Å². The van der Waals surface area contributed by atoms with Crippen molar-refractivity contribution >= 4 is 6.03 Å². The average Bonchev–Trinajstić information content (AvgIpc) is 2.68. The van der Waals surface area contributed by atoms with Gasteiger partial charge in [0.25, 0.3) is 0 Å². The van der Waals surface area contributed by atoms with Gasteiger partial charge in [-0.3, -0.25) is 0 Å². The molecule has 2 N–H and O–H groups in total. The number of urea groups is 1. The number of rotatable bonds is 18. The largest absolute Gasteiger partial charge is 0.378 e. The van der Waals surface area contributed by atoms with E-state index in [-0.39, 0.29) is 23.2 Å². The van der Waals surface area contributed by atoms with Gasteiger partial charge in [-0.15, -0.1) is 0 Å². The van der Waals surface area contributed by atoms with Gasteiger partial charge >= 0.3 is 6.03 Å². The van der Waals surface area contributed by atoms with Crippen LogP contribution in [0.25, 0.3) is 0 Å². The van der Waals surface area contributed by atoms with Gasteiger partial charge in [0.05, 0.1) is 6.10 Å². The minimum Gasteiger partial charge on any atom is -0.378 e. The van der Waals surface area contributed by atoms with Gasteiger partial charge in [-0.1, -0.05) is 103 Å². The summed E-state index contributed by atoms with van der Waals surface area (Å²) < 4.78 is 6.22. The lowest BCUT2D eigenvalue weighted by molar-refractivity contribution is -0.0792. The van der Waals surface area contributed by atoms with Crippen LogP contribution in [0.1, 0.15) is 150 Å². The molecule has 0 atom stereocenters. The van der Waals surface area contributed by atoms with E-state index in [1.165, 1.54) is 96.3 Å². The van der Waals surface area contributed by atoms with Crippen molar-refractivity contribution < 1.29 is 9.53 Å². The Kier molecular flexibility index (Phi) is 14.6. The summed E-state index contributed by atoms with van der Waals surface area (Å²) in [5, 5.41) is 0. The molecule has 0 unspecified atom stereocenters. The van der Waals surface area contributed by atoms with Crippen molar-refractivity contribution in [3.63, 3.8) is 0 Å². The molecule has 0 spiro atoms. The molecule has 2 amide bonds. The van der Waals surface area contributed by atoms with E-state index in [4.69, 9.17) is 10.5 Å². The monoisotopic (exact) mass is 452 g/mol. The number of amides is 2. The molecule has 4 nitrogen and oxygen atoms in total. The van der Waals surface area contributed by atoms with Gasteiger partial charge in [-0.05, 0) is 47.0 Å². The van der Waals surface area contributed by atoms with E-state index in [2.05, 4.69) is 34.6 Å². The molecule has 0 aromatic carbocycles. The van der Waals surface area contributed by atoms with Crippen LogP contribution in [0.4, 0.5) is 4.79 Å². The molecule has 0 aromatic rings. The highest BCUT2D eigenvalue weighted by atomic mass is 16.5. The third-order valence-corrected chi connectivity index (χ3v) is 7.24. The van der Waals surface area contributed by atoms with Gasteiger partial charge in [0, 0.05) is 17.7 Å². The van der Waals surface area contributed by atoms with Crippen molar-refractivity contribution in [2.24, 2.45) is 5.73 Å². The van der Waals surface area contributed by atoms with Gasteiger partial charge in [0.2, 0.25) is 0 Å². The number of unbranched alkanes of at least 4 members (excludes halogenated alkanes) is 15. The molecule has 1 aliphatic heterocycles. The Labute approximate surface area is 200 Å². The van der Waals surface area contributed by atoms with E-state index in [0.29, 0.717) is 0 Å². The Hall–Kier alpha value is -0.770. The zero-order valence-corrected chi connectivity index (χ0v) is 22.4. The highest BCUT2D eigenvalue weighted by molar-refractivity contribution is 5.74. The Balaban J connectivity index is 1.95. The SMILES string of the molecule is CCCCCCCCCCCCCCCCCCOC1CC(C)(C)N(C(N)=O)C(C)(C)C1. The molecule has 1 rings (SSSR count). The average molecular weight is 453 g/mol. The summed E-state index contributed by atoms with van der Waals surface area (Å²) in [6, 6.07) is -0.323. The molecular formula is C28H56N2O2. The lowest BCUT2D eigenvalue weighted by Gasteiger charge is -2.54. The molecule has 1 fully saturated rings. The molecule has 0 aromatic heterocycles. The first-order chi connectivity index (χ1) is 15.2. The smallest absolute Gasteiger partial charge is 0.315 e. The van der Waals surface area contributed by atoms with Crippen LogP contribution in [0.3, 0.4) is 0 Å². The predicted octanol–water partition coefficient (Wildman–Crippen LogP) is 8.36. The van der Waals surface area contributed by atoms with Crippen LogP contribution >= 0.6 is 0 Å². The maximum atomic E-state index is 11.9. The quantitative estimate of drug-likeness (QED) is 0.212. The number of likely N-dealkylation sites (tertiary alicyclic amines) is 1. The van der Waals surface area contributed by atoms with Gasteiger partial charge in [0.15, 0.2) is 0 Å². The van der Waals surface area contributed by atoms with Gasteiger partial charge in [-0.2, -0.15) is 0 Å². The second-order valence-corrected chi connectivity index (χ2v) is 11.5. The zero-order chi connectivity index (χ0) is 23.9. The summed E-state index contributed by atoms with van der Waals surface area (Å²) >= 11 is 0. The van der Waals surface area contributed by atoms with Crippen molar-refractivity contribution in [3.8, 4) is 0 Å². The fraction of sp³-hybridized carbons (Fsp3) is 0.964. The van der Waals surface area contributed by atoms with E-state index in [9.17, 15) is 4.79 Å². The first-order valence-corrected chi connectivity index (χ1v) is 13.9. The van der Waals surface area contributed by atoms with Crippen LogP contribution in [0.5, 0.6) is 0 Å². The number of nitrogens with two attached hydrogens (primary N) is 1. The standard InChI is InChI=1S/C28H56N2O2/c1-6-7-8-9-10-11-12-13-14-15-16-17-18-19-20-21-22-32-25-23-27(2,3)30(26(29)31)28(4,5)24-25/h25H,6-24H2,1-5H3,(H2,29,31). The van der Waals surface area contributed by atoms with E-state index in [1.807, 2.05) is 4.90 Å². The minimum absolute atomic E-state index is 0.215. The van der Waals surface area contributed by atoms with E-state index < -0.39 is 0 Å². The molecule has 0 radical (unpaired) electrons. The summed E-state index contributed by atoms with van der Waals surface area (Å²) in [6.45, 7) is 11.5. The van der Waals surface area contributed by atoms with Crippen molar-refractivity contribution in [2.45, 2.75) is 167 Å². The molecule has 0 aliphatic carbocycles. The van der Waals surface area contributed by atoms with Crippen LogP contribution in [-0.2, 0) is 4.74 Å². The topological polar surface area (TPSA) is 55.6 Å². The molecule has 4 heteroatoms. The van der Waals surface area contributed by atoms with Crippen molar-refractivity contribution in [1.29, 1.82) is 0 Å². The number of hydrogen-bond acceptors (Lipinski definition) is 2. The summed E-state index contributed by atoms with van der Waals surface area (Å²) in [7, 11) is 0. The lowest BCUT2D eigenvalue weighted by Crippen LogP contribution is -2.65. The normalized spacial score (nSPS) is 18.2. The maximum Gasteiger partial charge on any atom is 0.315 e. The van der Waals surface area contributed by atoms with Crippen molar-refractivity contribution in [1.82, 2.24) is 4.90 Å². The molecular weight excluding hydrogens is 396 g/mol. The van der Waals surface area contributed by atoms with E-state index in [0.717, 1.165) is 25.9 Å². The number of carbonyl (C=O) groups excluding carboxylic acids is 1. The molecule has 0 saturated carbocycles. The Morgan fingerprint density at radius 2 is 1.06 bits per heavy atom. The number of hydrogen-bond donors (Lipinski definition) is 1. The Morgan fingerprint density at radius 1 is 0.719 bits per heavy atom. The first kappa shape index (κ1) is 29.3. The first-order valence-electron chi connectivity index (χ1n) is 13.9. The van der Waals surface area contributed by atoms with E-state index in [1.54, 1.807) is 0 Å². The number of piperidine rings is 1. The third-order valence-electron chi connectivity index (χ3n) is 7.24. The summed E-state index contributed by atoms with van der Waals surface area (Å²) in [5.74, 6) is 0. The number of ether oxygens (including phenoxy) is 1. The second kappa shape index (κ2) is 16.0. The number of nitrogens with zero attached hydrogens (tertiary/aromatic N) is 1. The lowest BCUT2D eigenvalue weighted by atomic mass is 9.78. The highest BCUT2D eigenvalue weighted by Gasteiger charge is 2.47. The minimum atomic E-state index is -0.323. The second-order valence-electron chi connectivity index (χ2n) is 11.5. The van der Waals surface area contributed by atoms with Crippen LogP contribution in [-0.4, -0.2) is 34.7 Å².